The normalized spacial score (nSPS) is 11.2. The molecule has 0 aliphatic rings. The summed E-state index contributed by atoms with van der Waals surface area (Å²) >= 11 is 0. The lowest BCUT2D eigenvalue weighted by Crippen LogP contribution is -2.36. The highest BCUT2D eigenvalue weighted by atomic mass is 15.0. The molecule has 0 unspecified atom stereocenters. The largest absolute Gasteiger partial charge is 0.203 e. The lowest BCUT2D eigenvalue weighted by atomic mass is 9.95. The maximum atomic E-state index is 2.52. The lowest BCUT2D eigenvalue weighted by Gasteiger charge is -2.11. The molecule has 0 N–H and O–H groups in total. The number of rotatable bonds is 18. The van der Waals surface area contributed by atoms with E-state index in [0.29, 0.717) is 0 Å². The Morgan fingerprint density at radius 1 is 0.381 bits per heavy atom. The zero-order chi connectivity index (χ0) is 29.4. The fourth-order valence-electron chi connectivity index (χ4n) is 6.07. The minimum Gasteiger partial charge on any atom is -0.203 e. The quantitative estimate of drug-likeness (QED) is 0.0866. The van der Waals surface area contributed by atoms with E-state index < -0.39 is 0 Å². The Hall–Kier alpha value is -3.33. The van der Waals surface area contributed by atoms with Gasteiger partial charge in [-0.3, -0.25) is 0 Å². The predicted octanol–water partition coefficient (Wildman–Crippen LogP) is 7.71. The second kappa shape index (κ2) is 17.6. The molecule has 3 nitrogen and oxygen atoms in total. The van der Waals surface area contributed by atoms with Gasteiger partial charge in [0.15, 0.2) is 35.7 Å². The highest BCUT2D eigenvalue weighted by Crippen LogP contribution is 2.18. The second-order valence-corrected chi connectivity index (χ2v) is 12.2. The van der Waals surface area contributed by atoms with Gasteiger partial charge in [-0.25, -0.2) is 13.7 Å². The van der Waals surface area contributed by atoms with Crippen LogP contribution in [0.25, 0.3) is 0 Å². The van der Waals surface area contributed by atoms with Crippen molar-refractivity contribution in [1.29, 1.82) is 0 Å². The zero-order valence-corrected chi connectivity index (χ0v) is 26.6. The van der Waals surface area contributed by atoms with Gasteiger partial charge in [-0.05, 0) is 74.5 Å². The van der Waals surface area contributed by atoms with Crippen molar-refractivity contribution >= 4 is 0 Å². The fourth-order valence-corrected chi connectivity index (χ4v) is 6.07. The molecule has 0 atom stereocenters. The molecule has 0 spiro atoms. The van der Waals surface area contributed by atoms with Gasteiger partial charge in [-0.2, -0.15) is 0 Å². The van der Waals surface area contributed by atoms with Gasteiger partial charge in [-0.15, -0.1) is 0 Å². The van der Waals surface area contributed by atoms with Crippen LogP contribution >= 0.6 is 0 Å². The molecular weight excluding hydrogens is 510 g/mol. The fraction of sp³-hybridized carbons (Fsp3) is 0.462. The van der Waals surface area contributed by atoms with Gasteiger partial charge in [0.1, 0.15) is 19.6 Å². The van der Waals surface area contributed by atoms with Crippen LogP contribution in [0.3, 0.4) is 0 Å². The van der Waals surface area contributed by atoms with Crippen LogP contribution in [-0.4, -0.2) is 0 Å². The predicted molar refractivity (Wildman–Crippen MR) is 173 cm³/mol. The van der Waals surface area contributed by atoms with Gasteiger partial charge in [0.05, 0.1) is 0 Å². The Labute approximate surface area is 255 Å². The average Bonchev–Trinajstić information content (AvgIpc) is 2.99. The Morgan fingerprint density at radius 3 is 0.976 bits per heavy atom. The first-order valence-electron chi connectivity index (χ1n) is 16.6. The molecule has 3 heteroatoms. The van der Waals surface area contributed by atoms with Crippen molar-refractivity contribution in [2.45, 2.75) is 117 Å². The van der Waals surface area contributed by atoms with E-state index in [9.17, 15) is 0 Å². The summed E-state index contributed by atoms with van der Waals surface area (Å²) < 4.78 is 7.15. The maximum absolute atomic E-state index is 2.52. The SMILES string of the molecule is Cc1cccc[n+]1CCCCCc1cc(CCCCC[n+]2ccccc2C)cc(CCCCC[n+]2ccccc2C)c1. The van der Waals surface area contributed by atoms with Crippen molar-refractivity contribution < 1.29 is 13.7 Å². The van der Waals surface area contributed by atoms with Crippen LogP contribution in [0.15, 0.2) is 91.4 Å². The molecule has 0 aliphatic heterocycles. The van der Waals surface area contributed by atoms with Gasteiger partial charge in [0, 0.05) is 76.4 Å². The molecule has 0 radical (unpaired) electrons. The second-order valence-electron chi connectivity index (χ2n) is 12.2. The number of hydrogen-bond donors (Lipinski definition) is 0. The molecule has 0 saturated heterocycles. The van der Waals surface area contributed by atoms with Crippen molar-refractivity contribution in [2.24, 2.45) is 0 Å². The molecule has 4 rings (SSSR count). The molecule has 0 saturated carbocycles. The Balaban J connectivity index is 1.25. The number of benzene rings is 1. The minimum absolute atomic E-state index is 1.12. The molecule has 0 aliphatic carbocycles. The van der Waals surface area contributed by atoms with E-state index in [1.54, 1.807) is 16.7 Å². The summed E-state index contributed by atoms with van der Waals surface area (Å²) in [6.45, 7) is 9.99. The maximum Gasteiger partial charge on any atom is 0.178 e. The highest BCUT2D eigenvalue weighted by Gasteiger charge is 2.08. The zero-order valence-electron chi connectivity index (χ0n) is 26.6. The number of aromatic nitrogens is 3. The van der Waals surface area contributed by atoms with E-state index in [1.807, 2.05) is 0 Å². The monoisotopic (exact) mass is 564 g/mol. The van der Waals surface area contributed by atoms with E-state index >= 15 is 0 Å². The summed E-state index contributed by atoms with van der Waals surface area (Å²) in [5, 5.41) is 0. The minimum atomic E-state index is 1.12. The standard InChI is InChI=1S/C39H54N3/c1-34-19-10-16-28-40(34)25-13-4-7-22-37-31-38(23-8-5-14-26-41-29-17-11-20-35(41)2)33-39(32-37)24-9-6-15-27-42-30-18-12-21-36(42)3/h10-12,16-21,28-33H,4-9,13-15,22-27H2,1-3H3/q+3. The molecule has 0 bridgehead atoms. The van der Waals surface area contributed by atoms with Crippen LogP contribution in [0.5, 0.6) is 0 Å². The average molecular weight is 565 g/mol. The first-order valence-corrected chi connectivity index (χ1v) is 16.6. The molecule has 0 amide bonds. The topological polar surface area (TPSA) is 11.6 Å². The summed E-state index contributed by atoms with van der Waals surface area (Å²) in [7, 11) is 0. The van der Waals surface area contributed by atoms with Crippen molar-refractivity contribution in [3.8, 4) is 0 Å². The smallest absolute Gasteiger partial charge is 0.178 e. The van der Waals surface area contributed by atoms with E-state index in [1.165, 1.54) is 94.1 Å². The van der Waals surface area contributed by atoms with Gasteiger partial charge in [-0.1, -0.05) is 36.4 Å². The molecule has 3 aromatic heterocycles. The molecule has 4 aromatic rings. The van der Waals surface area contributed by atoms with Crippen molar-refractivity contribution in [3.63, 3.8) is 0 Å². The van der Waals surface area contributed by atoms with E-state index in [-0.39, 0.29) is 0 Å². The van der Waals surface area contributed by atoms with Gasteiger partial charge in [0.2, 0.25) is 0 Å². The van der Waals surface area contributed by atoms with Crippen LogP contribution in [0.1, 0.15) is 91.6 Å². The summed E-state index contributed by atoms with van der Waals surface area (Å²) in [4.78, 5) is 0. The molecule has 0 fully saturated rings. The summed E-state index contributed by atoms with van der Waals surface area (Å²) in [6, 6.07) is 27.0. The van der Waals surface area contributed by atoms with E-state index in [4.69, 9.17) is 0 Å². The van der Waals surface area contributed by atoms with Crippen LogP contribution in [0, 0.1) is 20.8 Å². The number of nitrogens with zero attached hydrogens (tertiary/aromatic N) is 3. The Morgan fingerprint density at radius 2 is 0.690 bits per heavy atom. The van der Waals surface area contributed by atoms with Crippen LogP contribution in [0.4, 0.5) is 0 Å². The van der Waals surface area contributed by atoms with Gasteiger partial charge in [0.25, 0.3) is 0 Å². The van der Waals surface area contributed by atoms with Crippen molar-refractivity contribution in [3.05, 3.63) is 125 Å². The van der Waals surface area contributed by atoms with E-state index in [2.05, 4.69) is 126 Å². The summed E-state index contributed by atoms with van der Waals surface area (Å²) in [5.41, 5.74) is 8.71. The van der Waals surface area contributed by atoms with Crippen molar-refractivity contribution in [1.82, 2.24) is 0 Å². The number of hydrogen-bond acceptors (Lipinski definition) is 0. The molecule has 3 heterocycles. The first kappa shape index (κ1) is 31.6. The third kappa shape index (κ3) is 10.8. The van der Waals surface area contributed by atoms with Gasteiger partial charge >= 0.3 is 0 Å². The highest BCUT2D eigenvalue weighted by molar-refractivity contribution is 5.30. The lowest BCUT2D eigenvalue weighted by molar-refractivity contribution is -0.703. The molecule has 42 heavy (non-hydrogen) atoms. The number of unbranched alkanes of at least 4 members (excludes halogenated alkanes) is 6. The van der Waals surface area contributed by atoms with E-state index in [0.717, 1.165) is 19.6 Å². The van der Waals surface area contributed by atoms with Crippen LogP contribution in [0.2, 0.25) is 0 Å². The molecule has 222 valence electrons. The molecule has 1 aromatic carbocycles. The number of pyridine rings is 3. The van der Waals surface area contributed by atoms with Crippen LogP contribution in [-0.2, 0) is 38.9 Å². The van der Waals surface area contributed by atoms with Crippen molar-refractivity contribution in [2.75, 3.05) is 0 Å². The third-order valence-corrected chi connectivity index (χ3v) is 8.71. The third-order valence-electron chi connectivity index (χ3n) is 8.71. The summed E-state index contributed by atoms with van der Waals surface area (Å²) in [5.74, 6) is 0. The van der Waals surface area contributed by atoms with Crippen LogP contribution < -0.4 is 13.7 Å². The molecular formula is C39H54N3+3. The Bertz CT molecular complexity index is 1180. The summed E-state index contributed by atoms with van der Waals surface area (Å²) in [6.07, 6.45) is 21.7. The number of aryl methyl sites for hydroxylation is 9. The van der Waals surface area contributed by atoms with Gasteiger partial charge < -0.3 is 0 Å². The first-order chi connectivity index (χ1) is 20.6. The Kier molecular flexibility index (Phi) is 13.2.